The minimum Gasteiger partial charge on any atom is -0.392 e. The van der Waals surface area contributed by atoms with Crippen LogP contribution in [0.2, 0.25) is 0 Å². The van der Waals surface area contributed by atoms with Gasteiger partial charge < -0.3 is 10.6 Å². The largest absolute Gasteiger partial charge is 0.392 e. The van der Waals surface area contributed by atoms with E-state index < -0.39 is 0 Å². The predicted octanol–water partition coefficient (Wildman–Crippen LogP) is -0.565. The molecule has 0 spiro atoms. The maximum Gasteiger partial charge on any atom is 0.239 e. The Balaban J connectivity index is 2.53. The van der Waals surface area contributed by atoms with Crippen LogP contribution in [0, 0.1) is 0 Å². The van der Waals surface area contributed by atoms with Crippen LogP contribution in [0.4, 0.5) is 0 Å². The molecule has 1 heterocycles. The summed E-state index contributed by atoms with van der Waals surface area (Å²) in [6.07, 6.45) is 0.869. The second-order valence-electron chi connectivity index (χ2n) is 3.45. The third-order valence-electron chi connectivity index (χ3n) is 2.34. The fourth-order valence-corrected chi connectivity index (χ4v) is 1.77. The number of rotatable bonds is 3. The van der Waals surface area contributed by atoms with Crippen molar-refractivity contribution >= 4 is 23.1 Å². The summed E-state index contributed by atoms with van der Waals surface area (Å²) in [5.74, 6) is 0.166. The quantitative estimate of drug-likeness (QED) is 0.622. The van der Waals surface area contributed by atoms with E-state index in [1.807, 2.05) is 19.0 Å². The normalized spacial score (nSPS) is 22.8. The molecule has 1 aliphatic rings. The van der Waals surface area contributed by atoms with Crippen LogP contribution in [0.15, 0.2) is 0 Å². The zero-order chi connectivity index (χ0) is 10.0. The molecule has 1 aliphatic heterocycles. The van der Waals surface area contributed by atoms with Gasteiger partial charge in [-0.3, -0.25) is 9.69 Å². The minimum absolute atomic E-state index is 0.0356. The van der Waals surface area contributed by atoms with Gasteiger partial charge in [-0.15, -0.1) is 0 Å². The molecule has 1 rings (SSSR count). The van der Waals surface area contributed by atoms with Crippen molar-refractivity contribution in [2.24, 2.45) is 5.73 Å². The zero-order valence-electron chi connectivity index (χ0n) is 7.99. The fraction of sp³-hybridized carbons (Fsp3) is 0.750. The molecule has 13 heavy (non-hydrogen) atoms. The zero-order valence-corrected chi connectivity index (χ0v) is 8.80. The standard InChI is InChI=1S/C8H15N3OS/c1-10-4-3-6(8(10)12)11(2)5-7(9)13/h6H,3-5H2,1-2H3,(H2,9,13). The van der Waals surface area contributed by atoms with Gasteiger partial charge in [0, 0.05) is 20.1 Å². The first-order valence-electron chi connectivity index (χ1n) is 4.26. The molecular formula is C8H15N3OS. The minimum atomic E-state index is -0.0356. The van der Waals surface area contributed by atoms with E-state index in [0.717, 1.165) is 13.0 Å². The van der Waals surface area contributed by atoms with Gasteiger partial charge in [0.2, 0.25) is 5.91 Å². The average molecular weight is 201 g/mol. The molecule has 74 valence electrons. The van der Waals surface area contributed by atoms with Gasteiger partial charge in [-0.2, -0.15) is 0 Å². The Labute approximate surface area is 83.7 Å². The van der Waals surface area contributed by atoms with Crippen molar-refractivity contribution in [3.05, 3.63) is 0 Å². The summed E-state index contributed by atoms with van der Waals surface area (Å²) in [6, 6.07) is -0.0356. The molecule has 4 nitrogen and oxygen atoms in total. The Hall–Kier alpha value is -0.680. The van der Waals surface area contributed by atoms with Crippen LogP contribution < -0.4 is 5.73 Å². The predicted molar refractivity (Wildman–Crippen MR) is 55.5 cm³/mol. The number of amides is 1. The van der Waals surface area contributed by atoms with Crippen LogP contribution in [0.1, 0.15) is 6.42 Å². The molecule has 1 fully saturated rings. The Morgan fingerprint density at radius 2 is 2.46 bits per heavy atom. The Morgan fingerprint density at radius 3 is 2.85 bits per heavy atom. The van der Waals surface area contributed by atoms with Crippen LogP contribution >= 0.6 is 12.2 Å². The summed E-state index contributed by atoms with van der Waals surface area (Å²) in [4.78, 5) is 15.6. The van der Waals surface area contributed by atoms with Crippen molar-refractivity contribution in [3.8, 4) is 0 Å². The van der Waals surface area contributed by atoms with Crippen LogP contribution in [0.25, 0.3) is 0 Å². The first-order valence-corrected chi connectivity index (χ1v) is 4.66. The van der Waals surface area contributed by atoms with E-state index in [1.54, 1.807) is 4.90 Å². The number of carbonyl (C=O) groups is 1. The van der Waals surface area contributed by atoms with E-state index in [0.29, 0.717) is 11.5 Å². The summed E-state index contributed by atoms with van der Waals surface area (Å²) in [7, 11) is 3.69. The molecule has 1 amide bonds. The molecule has 1 unspecified atom stereocenters. The van der Waals surface area contributed by atoms with Gasteiger partial charge in [0.25, 0.3) is 0 Å². The van der Waals surface area contributed by atoms with Gasteiger partial charge in [0.05, 0.1) is 11.0 Å². The lowest BCUT2D eigenvalue weighted by molar-refractivity contribution is -0.130. The monoisotopic (exact) mass is 201 g/mol. The van der Waals surface area contributed by atoms with Crippen molar-refractivity contribution in [1.82, 2.24) is 9.80 Å². The Kier molecular flexibility index (Phi) is 3.22. The van der Waals surface area contributed by atoms with E-state index in [2.05, 4.69) is 0 Å². The first-order chi connectivity index (χ1) is 6.02. The highest BCUT2D eigenvalue weighted by Gasteiger charge is 2.31. The molecule has 0 saturated carbocycles. The highest BCUT2D eigenvalue weighted by atomic mass is 32.1. The Bertz CT molecular complexity index is 231. The van der Waals surface area contributed by atoms with Crippen molar-refractivity contribution in [2.45, 2.75) is 12.5 Å². The first kappa shape index (κ1) is 10.4. The number of nitrogens with zero attached hydrogens (tertiary/aromatic N) is 2. The van der Waals surface area contributed by atoms with Crippen molar-refractivity contribution in [3.63, 3.8) is 0 Å². The molecule has 1 saturated heterocycles. The molecule has 0 aliphatic carbocycles. The molecule has 5 heteroatoms. The van der Waals surface area contributed by atoms with E-state index in [9.17, 15) is 4.79 Å². The second kappa shape index (κ2) is 4.02. The highest BCUT2D eigenvalue weighted by molar-refractivity contribution is 7.80. The van der Waals surface area contributed by atoms with Gasteiger partial charge >= 0.3 is 0 Å². The number of nitrogens with two attached hydrogens (primary N) is 1. The van der Waals surface area contributed by atoms with E-state index in [4.69, 9.17) is 18.0 Å². The smallest absolute Gasteiger partial charge is 0.239 e. The summed E-state index contributed by atoms with van der Waals surface area (Å²) >= 11 is 4.79. The van der Waals surface area contributed by atoms with Crippen LogP contribution in [-0.4, -0.2) is 53.9 Å². The lowest BCUT2D eigenvalue weighted by atomic mass is 10.2. The molecule has 0 radical (unpaired) electrons. The number of thiocarbonyl (C=S) groups is 1. The topological polar surface area (TPSA) is 49.6 Å². The van der Waals surface area contributed by atoms with E-state index >= 15 is 0 Å². The van der Waals surface area contributed by atoms with Crippen LogP contribution in [-0.2, 0) is 4.79 Å². The van der Waals surface area contributed by atoms with Crippen molar-refractivity contribution in [2.75, 3.05) is 27.2 Å². The molecule has 1 atom stereocenters. The van der Waals surface area contributed by atoms with Gasteiger partial charge in [-0.1, -0.05) is 12.2 Å². The van der Waals surface area contributed by atoms with Crippen LogP contribution in [0.3, 0.4) is 0 Å². The maximum atomic E-state index is 11.5. The van der Waals surface area contributed by atoms with Crippen molar-refractivity contribution in [1.29, 1.82) is 0 Å². The second-order valence-corrected chi connectivity index (χ2v) is 3.97. The fourth-order valence-electron chi connectivity index (χ4n) is 1.57. The number of hydrogen-bond donors (Lipinski definition) is 1. The van der Waals surface area contributed by atoms with E-state index in [-0.39, 0.29) is 11.9 Å². The summed E-state index contributed by atoms with van der Waals surface area (Å²) < 4.78 is 0. The molecular weight excluding hydrogens is 186 g/mol. The van der Waals surface area contributed by atoms with Gasteiger partial charge in [0.15, 0.2) is 0 Å². The molecule has 0 aromatic rings. The lowest BCUT2D eigenvalue weighted by Crippen LogP contribution is -2.42. The third-order valence-corrected chi connectivity index (χ3v) is 2.47. The average Bonchev–Trinajstić information content (AvgIpc) is 2.31. The molecule has 0 aromatic carbocycles. The summed E-state index contributed by atoms with van der Waals surface area (Å²) in [5, 5.41) is 0. The Morgan fingerprint density at radius 1 is 1.85 bits per heavy atom. The van der Waals surface area contributed by atoms with Gasteiger partial charge in [-0.25, -0.2) is 0 Å². The number of likely N-dealkylation sites (N-methyl/N-ethyl adjacent to an activating group) is 2. The third kappa shape index (κ3) is 2.38. The van der Waals surface area contributed by atoms with Crippen molar-refractivity contribution < 1.29 is 4.79 Å². The number of hydrogen-bond acceptors (Lipinski definition) is 3. The molecule has 0 aromatic heterocycles. The van der Waals surface area contributed by atoms with Gasteiger partial charge in [0.1, 0.15) is 0 Å². The summed E-state index contributed by atoms with van der Waals surface area (Å²) in [5.41, 5.74) is 5.41. The maximum absolute atomic E-state index is 11.5. The molecule has 2 N–H and O–H groups in total. The summed E-state index contributed by atoms with van der Waals surface area (Å²) in [6.45, 7) is 1.34. The number of likely N-dealkylation sites (tertiary alicyclic amines) is 1. The lowest BCUT2D eigenvalue weighted by Gasteiger charge is -2.21. The highest BCUT2D eigenvalue weighted by Crippen LogP contribution is 2.13. The molecule has 0 bridgehead atoms. The van der Waals surface area contributed by atoms with Gasteiger partial charge in [-0.05, 0) is 13.5 Å². The SMILES string of the molecule is CN1CCC(N(C)CC(N)=S)C1=O. The number of carbonyl (C=O) groups excluding carboxylic acids is 1. The van der Waals surface area contributed by atoms with Crippen LogP contribution in [0.5, 0.6) is 0 Å². The van der Waals surface area contributed by atoms with E-state index in [1.165, 1.54) is 0 Å².